The summed E-state index contributed by atoms with van der Waals surface area (Å²) >= 11 is 0. The van der Waals surface area contributed by atoms with Crippen molar-refractivity contribution < 1.29 is 14.2 Å². The summed E-state index contributed by atoms with van der Waals surface area (Å²) in [5.74, 6) is -0.295. The van der Waals surface area contributed by atoms with Crippen molar-refractivity contribution in [2.24, 2.45) is 0 Å². The van der Waals surface area contributed by atoms with Gasteiger partial charge in [-0.15, -0.1) is 0 Å². The molecule has 1 aliphatic rings. The maximum Gasteiger partial charge on any atom is 0.146 e. The number of morpholine rings is 1. The molecule has 0 radical (unpaired) electrons. The summed E-state index contributed by atoms with van der Waals surface area (Å²) in [5, 5.41) is 9.90. The summed E-state index contributed by atoms with van der Waals surface area (Å²) in [4.78, 5) is 6.20. The van der Waals surface area contributed by atoms with Gasteiger partial charge in [0.15, 0.2) is 0 Å². The van der Waals surface area contributed by atoms with Crippen molar-refractivity contribution >= 4 is 0 Å². The van der Waals surface area contributed by atoms with Crippen molar-refractivity contribution in [1.82, 2.24) is 9.88 Å². The number of benzene rings is 1. The molecule has 1 aromatic carbocycles. The van der Waals surface area contributed by atoms with Gasteiger partial charge in [0.2, 0.25) is 0 Å². The highest BCUT2D eigenvalue weighted by atomic mass is 19.1. The van der Waals surface area contributed by atoms with Gasteiger partial charge in [0.25, 0.3) is 0 Å². The van der Waals surface area contributed by atoms with Crippen LogP contribution in [0.5, 0.6) is 0 Å². The van der Waals surface area contributed by atoms with Crippen LogP contribution >= 0.6 is 0 Å². The Labute approximate surface area is 135 Å². The number of aliphatic hydroxyl groups is 1. The average Bonchev–Trinajstić information content (AvgIpc) is 2.58. The van der Waals surface area contributed by atoms with E-state index < -0.39 is 5.60 Å². The topological polar surface area (TPSA) is 45.6 Å². The van der Waals surface area contributed by atoms with Crippen LogP contribution in [0.3, 0.4) is 0 Å². The van der Waals surface area contributed by atoms with Gasteiger partial charge < -0.3 is 9.84 Å². The Kier molecular flexibility index (Phi) is 5.00. The predicted octanol–water partition coefficient (Wildman–Crippen LogP) is 2.03. The third-order valence-electron chi connectivity index (χ3n) is 4.19. The second-order valence-electron chi connectivity index (χ2n) is 5.99. The number of halogens is 1. The minimum Gasteiger partial charge on any atom is -0.393 e. The van der Waals surface area contributed by atoms with Crippen LogP contribution in [-0.4, -0.2) is 46.9 Å². The Balaban J connectivity index is 1.72. The van der Waals surface area contributed by atoms with Gasteiger partial charge in [-0.3, -0.25) is 9.88 Å². The van der Waals surface area contributed by atoms with Crippen LogP contribution in [0, 0.1) is 5.82 Å². The zero-order valence-electron chi connectivity index (χ0n) is 13.0. The molecule has 1 aromatic heterocycles. The van der Waals surface area contributed by atoms with Gasteiger partial charge in [-0.05, 0) is 17.7 Å². The third-order valence-corrected chi connectivity index (χ3v) is 4.19. The van der Waals surface area contributed by atoms with Crippen molar-refractivity contribution in [2.45, 2.75) is 18.6 Å². The van der Waals surface area contributed by atoms with E-state index in [2.05, 4.69) is 9.88 Å². The van der Waals surface area contributed by atoms with Crippen molar-refractivity contribution in [1.29, 1.82) is 0 Å². The summed E-state index contributed by atoms with van der Waals surface area (Å²) in [5.41, 5.74) is 0.901. The number of ether oxygens (including phenoxy) is 1. The third kappa shape index (κ3) is 3.93. The maximum atomic E-state index is 13.8. The van der Waals surface area contributed by atoms with Gasteiger partial charge in [0, 0.05) is 32.3 Å². The van der Waals surface area contributed by atoms with E-state index >= 15 is 0 Å². The van der Waals surface area contributed by atoms with E-state index in [1.807, 2.05) is 30.3 Å². The number of nitrogens with zero attached hydrogens (tertiary/aromatic N) is 2. The number of hydrogen-bond acceptors (Lipinski definition) is 4. The summed E-state index contributed by atoms with van der Waals surface area (Å²) < 4.78 is 19.7. The maximum absolute atomic E-state index is 13.8. The highest BCUT2D eigenvalue weighted by Gasteiger charge is 2.36. The lowest BCUT2D eigenvalue weighted by Crippen LogP contribution is -2.55. The molecular weight excluding hydrogens is 295 g/mol. The molecule has 3 rings (SSSR count). The Morgan fingerprint density at radius 2 is 2.04 bits per heavy atom. The highest BCUT2D eigenvalue weighted by Crippen LogP contribution is 2.24. The molecule has 0 spiro atoms. The Morgan fingerprint density at radius 1 is 1.22 bits per heavy atom. The molecule has 1 N–H and O–H groups in total. The molecule has 0 unspecified atom stereocenters. The van der Waals surface area contributed by atoms with Crippen molar-refractivity contribution in [3.8, 4) is 0 Å². The van der Waals surface area contributed by atoms with E-state index in [4.69, 9.17) is 4.74 Å². The number of aromatic nitrogens is 1. The second-order valence-corrected chi connectivity index (χ2v) is 5.99. The molecule has 1 atom stereocenters. The number of pyridine rings is 1. The molecule has 0 amide bonds. The van der Waals surface area contributed by atoms with Crippen molar-refractivity contribution in [2.75, 3.05) is 26.3 Å². The van der Waals surface area contributed by atoms with Crippen LogP contribution in [0.25, 0.3) is 0 Å². The quantitative estimate of drug-likeness (QED) is 0.917. The van der Waals surface area contributed by atoms with E-state index in [1.165, 1.54) is 6.07 Å². The number of hydrogen-bond donors (Lipinski definition) is 1. The SMILES string of the molecule is OC[C@]1(Cc2ccccc2)CN(Cc2ncccc2F)CCO1. The van der Waals surface area contributed by atoms with E-state index in [0.29, 0.717) is 38.4 Å². The first kappa shape index (κ1) is 16.1. The zero-order chi connectivity index (χ0) is 16.1. The van der Waals surface area contributed by atoms with Gasteiger partial charge in [-0.25, -0.2) is 4.39 Å². The fourth-order valence-electron chi connectivity index (χ4n) is 3.03. The lowest BCUT2D eigenvalue weighted by atomic mass is 9.93. The van der Waals surface area contributed by atoms with Gasteiger partial charge in [0.1, 0.15) is 11.4 Å². The molecule has 0 saturated carbocycles. The smallest absolute Gasteiger partial charge is 0.146 e. The predicted molar refractivity (Wildman–Crippen MR) is 85.4 cm³/mol. The van der Waals surface area contributed by atoms with Gasteiger partial charge in [0.05, 0.1) is 18.9 Å². The molecule has 4 nitrogen and oxygen atoms in total. The molecule has 2 aromatic rings. The van der Waals surface area contributed by atoms with E-state index in [1.54, 1.807) is 12.3 Å². The van der Waals surface area contributed by atoms with Gasteiger partial charge in [-0.1, -0.05) is 30.3 Å². The first-order valence-electron chi connectivity index (χ1n) is 7.81. The minimum absolute atomic E-state index is 0.0664. The zero-order valence-corrected chi connectivity index (χ0v) is 13.0. The number of aliphatic hydroxyl groups excluding tert-OH is 1. The summed E-state index contributed by atoms with van der Waals surface area (Å²) in [7, 11) is 0. The van der Waals surface area contributed by atoms with Gasteiger partial charge in [-0.2, -0.15) is 0 Å². The highest BCUT2D eigenvalue weighted by molar-refractivity contribution is 5.18. The Bertz CT molecular complexity index is 638. The van der Waals surface area contributed by atoms with Crippen LogP contribution in [-0.2, 0) is 17.7 Å². The molecular formula is C18H21FN2O2. The fraction of sp³-hybridized carbons (Fsp3) is 0.389. The summed E-state index contributed by atoms with van der Waals surface area (Å²) in [6, 6.07) is 13.0. The van der Waals surface area contributed by atoms with Gasteiger partial charge >= 0.3 is 0 Å². The number of rotatable bonds is 5. The van der Waals surface area contributed by atoms with Crippen LogP contribution in [0.4, 0.5) is 4.39 Å². The molecule has 2 heterocycles. The molecule has 122 valence electrons. The Morgan fingerprint density at radius 3 is 2.78 bits per heavy atom. The lowest BCUT2D eigenvalue weighted by molar-refractivity contribution is -0.134. The van der Waals surface area contributed by atoms with E-state index in [0.717, 1.165) is 5.56 Å². The molecule has 1 fully saturated rings. The van der Waals surface area contributed by atoms with E-state index in [-0.39, 0.29) is 12.4 Å². The van der Waals surface area contributed by atoms with Crippen molar-refractivity contribution in [3.63, 3.8) is 0 Å². The molecule has 1 aliphatic heterocycles. The second kappa shape index (κ2) is 7.17. The fourth-order valence-corrected chi connectivity index (χ4v) is 3.03. The van der Waals surface area contributed by atoms with Crippen LogP contribution in [0.2, 0.25) is 0 Å². The van der Waals surface area contributed by atoms with Crippen LogP contribution in [0.15, 0.2) is 48.7 Å². The normalized spacial score (nSPS) is 22.2. The summed E-state index contributed by atoms with van der Waals surface area (Å²) in [6.45, 7) is 2.12. The molecule has 0 bridgehead atoms. The summed E-state index contributed by atoms with van der Waals surface area (Å²) in [6.07, 6.45) is 2.23. The standard InChI is InChI=1S/C18H21FN2O2/c19-16-7-4-8-20-17(16)12-21-9-10-23-18(13-21,14-22)11-15-5-2-1-3-6-15/h1-8,22H,9-14H2/t18-/m0/s1. The van der Waals surface area contributed by atoms with Crippen molar-refractivity contribution in [3.05, 3.63) is 65.7 Å². The monoisotopic (exact) mass is 316 g/mol. The molecule has 1 saturated heterocycles. The lowest BCUT2D eigenvalue weighted by Gasteiger charge is -2.41. The molecule has 5 heteroatoms. The largest absolute Gasteiger partial charge is 0.393 e. The molecule has 0 aliphatic carbocycles. The van der Waals surface area contributed by atoms with Crippen LogP contribution in [0.1, 0.15) is 11.3 Å². The first-order valence-corrected chi connectivity index (χ1v) is 7.81. The minimum atomic E-state index is -0.648. The van der Waals surface area contributed by atoms with Crippen LogP contribution < -0.4 is 0 Å². The molecule has 23 heavy (non-hydrogen) atoms. The van der Waals surface area contributed by atoms with E-state index in [9.17, 15) is 9.50 Å². The first-order chi connectivity index (χ1) is 11.2. The average molecular weight is 316 g/mol. The Hall–Kier alpha value is -1.82.